The van der Waals surface area contributed by atoms with Crippen LogP contribution in [0.1, 0.15) is 15.9 Å². The van der Waals surface area contributed by atoms with Crippen molar-refractivity contribution >= 4 is 31.9 Å². The lowest BCUT2D eigenvalue weighted by molar-refractivity contribution is 0.0596. The van der Waals surface area contributed by atoms with E-state index in [2.05, 4.69) is 20.7 Å². The van der Waals surface area contributed by atoms with Crippen molar-refractivity contribution in [1.29, 1.82) is 0 Å². The van der Waals surface area contributed by atoms with Crippen molar-refractivity contribution in [3.05, 3.63) is 63.9 Å². The lowest BCUT2D eigenvalue weighted by Crippen LogP contribution is -2.28. The number of methoxy groups -OCH3 is 1. The Hall–Kier alpha value is -1.77. The molecule has 0 aromatic heterocycles. The fourth-order valence-electron chi connectivity index (χ4n) is 2.10. The van der Waals surface area contributed by atoms with Crippen LogP contribution in [-0.4, -0.2) is 32.8 Å². The Labute approximate surface area is 148 Å². The maximum Gasteiger partial charge on any atom is 0.339 e. The Morgan fingerprint density at radius 3 is 2.42 bits per heavy atom. The van der Waals surface area contributed by atoms with Crippen LogP contribution in [0.15, 0.2) is 51.8 Å². The van der Waals surface area contributed by atoms with Crippen LogP contribution in [0.25, 0.3) is 0 Å². The highest BCUT2D eigenvalue weighted by molar-refractivity contribution is 9.10. The number of hydrogen-bond donors (Lipinski definition) is 0. The second kappa shape index (κ2) is 7.42. The van der Waals surface area contributed by atoms with Crippen molar-refractivity contribution in [2.24, 2.45) is 0 Å². The molecule has 0 amide bonds. The number of esters is 1. The molecule has 2 aromatic rings. The number of carbonyl (C=O) groups is 1. The van der Waals surface area contributed by atoms with E-state index in [9.17, 15) is 17.6 Å². The van der Waals surface area contributed by atoms with E-state index in [1.54, 1.807) is 0 Å². The summed E-state index contributed by atoms with van der Waals surface area (Å²) in [6.07, 6.45) is 0. The smallest absolute Gasteiger partial charge is 0.339 e. The average molecular weight is 416 g/mol. The Morgan fingerprint density at radius 2 is 1.83 bits per heavy atom. The molecule has 0 aliphatic rings. The Kier molecular flexibility index (Phi) is 5.74. The van der Waals surface area contributed by atoms with Crippen LogP contribution in [0.3, 0.4) is 0 Å². The van der Waals surface area contributed by atoms with E-state index in [1.807, 2.05) is 0 Å². The van der Waals surface area contributed by atoms with Gasteiger partial charge in [-0.15, -0.1) is 0 Å². The SMILES string of the molecule is COC(=O)c1cc(Br)ccc1S(=O)(=O)N(C)Cc1ccc(F)cc1. The summed E-state index contributed by atoms with van der Waals surface area (Å²) in [4.78, 5) is 11.7. The van der Waals surface area contributed by atoms with Gasteiger partial charge in [0, 0.05) is 18.1 Å². The fraction of sp³-hybridized carbons (Fsp3) is 0.188. The van der Waals surface area contributed by atoms with Crippen LogP contribution in [0, 0.1) is 5.82 Å². The number of rotatable bonds is 5. The van der Waals surface area contributed by atoms with Crippen LogP contribution < -0.4 is 0 Å². The third-order valence-corrected chi connectivity index (χ3v) is 5.71. The first kappa shape index (κ1) is 18.6. The van der Waals surface area contributed by atoms with Crippen LogP contribution in [0.5, 0.6) is 0 Å². The summed E-state index contributed by atoms with van der Waals surface area (Å²) < 4.78 is 44.8. The van der Waals surface area contributed by atoms with Gasteiger partial charge < -0.3 is 4.74 Å². The number of sulfonamides is 1. The molecular formula is C16H15BrFNO4S. The largest absolute Gasteiger partial charge is 0.465 e. The Morgan fingerprint density at radius 1 is 1.21 bits per heavy atom. The Bertz CT molecular complexity index is 853. The molecule has 2 rings (SSSR count). The topological polar surface area (TPSA) is 63.7 Å². The standard InChI is InChI=1S/C16H15BrFNO4S/c1-19(10-11-3-6-13(18)7-4-11)24(21,22)15-8-5-12(17)9-14(15)16(20)23-2/h3-9H,10H2,1-2H3. The molecule has 5 nitrogen and oxygen atoms in total. The molecule has 0 spiro atoms. The molecule has 128 valence electrons. The number of ether oxygens (including phenoxy) is 1. The third-order valence-electron chi connectivity index (χ3n) is 3.35. The van der Waals surface area contributed by atoms with E-state index in [0.29, 0.717) is 10.0 Å². The molecule has 0 saturated heterocycles. The molecule has 0 aliphatic heterocycles. The van der Waals surface area contributed by atoms with Gasteiger partial charge >= 0.3 is 5.97 Å². The highest BCUT2D eigenvalue weighted by atomic mass is 79.9. The first-order valence-electron chi connectivity index (χ1n) is 6.84. The van der Waals surface area contributed by atoms with Crippen LogP contribution >= 0.6 is 15.9 Å². The number of benzene rings is 2. The molecule has 0 fully saturated rings. The van der Waals surface area contributed by atoms with Crippen LogP contribution in [-0.2, 0) is 21.3 Å². The first-order valence-corrected chi connectivity index (χ1v) is 9.07. The van der Waals surface area contributed by atoms with Crippen molar-refractivity contribution in [3.63, 3.8) is 0 Å². The summed E-state index contributed by atoms with van der Waals surface area (Å²) in [6, 6.07) is 9.79. The van der Waals surface area contributed by atoms with Crippen molar-refractivity contribution in [2.45, 2.75) is 11.4 Å². The summed E-state index contributed by atoms with van der Waals surface area (Å²) in [7, 11) is -1.36. The van der Waals surface area contributed by atoms with Crippen molar-refractivity contribution < 1.29 is 22.3 Å². The van der Waals surface area contributed by atoms with Gasteiger partial charge in [0.1, 0.15) is 5.82 Å². The molecule has 0 unspecified atom stereocenters. The molecule has 2 aromatic carbocycles. The summed E-state index contributed by atoms with van der Waals surface area (Å²) >= 11 is 3.21. The highest BCUT2D eigenvalue weighted by Gasteiger charge is 2.27. The van der Waals surface area contributed by atoms with Crippen molar-refractivity contribution in [1.82, 2.24) is 4.31 Å². The van der Waals surface area contributed by atoms with Gasteiger partial charge in [0.05, 0.1) is 17.6 Å². The number of carbonyl (C=O) groups excluding carboxylic acids is 1. The summed E-state index contributed by atoms with van der Waals surface area (Å²) in [5, 5.41) is 0. The van der Waals surface area contributed by atoms with Gasteiger partial charge in [-0.05, 0) is 35.9 Å². The zero-order chi connectivity index (χ0) is 17.9. The number of nitrogens with zero attached hydrogens (tertiary/aromatic N) is 1. The molecule has 0 saturated carbocycles. The minimum atomic E-state index is -3.93. The van der Waals surface area contributed by atoms with E-state index in [0.717, 1.165) is 4.31 Å². The predicted octanol–water partition coefficient (Wildman–Crippen LogP) is 3.20. The molecule has 24 heavy (non-hydrogen) atoms. The average Bonchev–Trinajstić information content (AvgIpc) is 2.55. The van der Waals surface area contributed by atoms with Gasteiger partial charge in [-0.3, -0.25) is 0 Å². The van der Waals surface area contributed by atoms with Crippen molar-refractivity contribution in [3.8, 4) is 0 Å². The molecule has 8 heteroatoms. The third kappa shape index (κ3) is 4.00. The summed E-state index contributed by atoms with van der Waals surface area (Å²) in [6.45, 7) is 0.0410. The van der Waals surface area contributed by atoms with Gasteiger partial charge in [-0.2, -0.15) is 4.31 Å². The maximum absolute atomic E-state index is 13.0. The minimum absolute atomic E-state index is 0.0410. The van der Waals surface area contributed by atoms with Crippen LogP contribution in [0.2, 0.25) is 0 Å². The fourth-order valence-corrected chi connectivity index (χ4v) is 3.77. The molecular weight excluding hydrogens is 401 g/mol. The lowest BCUT2D eigenvalue weighted by Gasteiger charge is -2.19. The highest BCUT2D eigenvalue weighted by Crippen LogP contribution is 2.25. The predicted molar refractivity (Wildman–Crippen MR) is 90.5 cm³/mol. The number of halogens is 2. The summed E-state index contributed by atoms with van der Waals surface area (Å²) in [5.74, 6) is -1.14. The molecule has 0 atom stereocenters. The normalized spacial score (nSPS) is 11.5. The van der Waals surface area contributed by atoms with Crippen molar-refractivity contribution in [2.75, 3.05) is 14.2 Å². The quantitative estimate of drug-likeness (QED) is 0.703. The van der Waals surface area contributed by atoms with E-state index >= 15 is 0 Å². The van der Waals surface area contributed by atoms with E-state index in [1.165, 1.54) is 56.6 Å². The second-order valence-electron chi connectivity index (χ2n) is 5.02. The van der Waals surface area contributed by atoms with Gasteiger partial charge in [0.15, 0.2) is 0 Å². The molecule has 0 N–H and O–H groups in total. The van der Waals surface area contributed by atoms with Crippen LogP contribution in [0.4, 0.5) is 4.39 Å². The van der Waals surface area contributed by atoms with E-state index in [-0.39, 0.29) is 17.0 Å². The lowest BCUT2D eigenvalue weighted by atomic mass is 10.2. The molecule has 0 aliphatic carbocycles. The van der Waals surface area contributed by atoms with Gasteiger partial charge in [-0.1, -0.05) is 28.1 Å². The Balaban J connectivity index is 2.39. The zero-order valence-corrected chi connectivity index (χ0v) is 15.4. The van der Waals surface area contributed by atoms with E-state index < -0.39 is 21.8 Å². The zero-order valence-electron chi connectivity index (χ0n) is 13.0. The molecule has 0 bridgehead atoms. The van der Waals surface area contributed by atoms with E-state index in [4.69, 9.17) is 0 Å². The summed E-state index contributed by atoms with van der Waals surface area (Å²) in [5.41, 5.74) is 0.567. The molecule has 0 radical (unpaired) electrons. The van der Waals surface area contributed by atoms with Gasteiger partial charge in [-0.25, -0.2) is 17.6 Å². The first-order chi connectivity index (χ1) is 11.3. The monoisotopic (exact) mass is 415 g/mol. The maximum atomic E-state index is 13.0. The second-order valence-corrected chi connectivity index (χ2v) is 7.95. The number of hydrogen-bond acceptors (Lipinski definition) is 4. The molecule has 0 heterocycles. The minimum Gasteiger partial charge on any atom is -0.465 e. The van der Waals surface area contributed by atoms with Gasteiger partial charge in [0.2, 0.25) is 10.0 Å². The van der Waals surface area contributed by atoms with Gasteiger partial charge in [0.25, 0.3) is 0 Å².